The molecule has 0 unspecified atom stereocenters. The topological polar surface area (TPSA) is 20.2 Å². The van der Waals surface area contributed by atoms with Crippen LogP contribution in [0.15, 0.2) is 72.8 Å². The summed E-state index contributed by atoms with van der Waals surface area (Å²) in [6.45, 7) is 2.26. The molecule has 3 aromatic rings. The molecule has 0 bridgehead atoms. The molecule has 0 aromatic heterocycles. The van der Waals surface area contributed by atoms with E-state index in [1.807, 2.05) is 48.6 Å². The number of hydrogen-bond acceptors (Lipinski definition) is 1. The Labute approximate surface area is 194 Å². The highest BCUT2D eigenvalue weighted by Gasteiger charge is 2.07. The van der Waals surface area contributed by atoms with Gasteiger partial charge < -0.3 is 5.11 Å². The van der Waals surface area contributed by atoms with E-state index in [0.29, 0.717) is 5.75 Å². The van der Waals surface area contributed by atoms with Crippen LogP contribution in [0.1, 0.15) is 79.7 Å². The molecule has 0 saturated carbocycles. The molecule has 0 radical (unpaired) electrons. The lowest BCUT2D eigenvalue weighted by Gasteiger charge is -2.10. The quantitative estimate of drug-likeness (QED) is 0.227. The molecule has 3 rings (SSSR count). The van der Waals surface area contributed by atoms with E-state index in [1.54, 1.807) is 0 Å². The maximum Gasteiger partial charge on any atom is 0.130 e. The zero-order valence-corrected chi connectivity index (χ0v) is 19.3. The molecule has 0 spiro atoms. The number of phenolic OH excluding ortho intramolecular Hbond substituents is 1. The molecular weight excluding hydrogens is 388 g/mol. The summed E-state index contributed by atoms with van der Waals surface area (Å²) in [4.78, 5) is 0. The van der Waals surface area contributed by atoms with Crippen molar-refractivity contribution in [1.82, 2.24) is 0 Å². The second kappa shape index (κ2) is 13.4. The number of aromatic hydroxyl groups is 1. The summed E-state index contributed by atoms with van der Waals surface area (Å²) in [6, 6.07) is 24.8. The Morgan fingerprint density at radius 3 is 1.56 bits per heavy atom. The summed E-state index contributed by atoms with van der Waals surface area (Å²) in [6.07, 6.45) is 18.4. The van der Waals surface area contributed by atoms with Gasteiger partial charge in [-0.05, 0) is 41.7 Å². The first kappa shape index (κ1) is 23.6. The van der Waals surface area contributed by atoms with Crippen LogP contribution in [0.5, 0.6) is 5.75 Å². The molecule has 3 aromatic carbocycles. The highest BCUT2D eigenvalue weighted by Crippen LogP contribution is 2.29. The molecule has 0 heterocycles. The van der Waals surface area contributed by atoms with Crippen LogP contribution in [0.4, 0.5) is 0 Å². The minimum atomic E-state index is 0.340. The Hall–Kier alpha value is -3.06. The van der Waals surface area contributed by atoms with Crippen molar-refractivity contribution in [2.45, 2.75) is 58.3 Å². The molecule has 0 amide bonds. The van der Waals surface area contributed by atoms with Crippen LogP contribution < -0.4 is 0 Å². The molecule has 0 aliphatic carbocycles. The number of hydrogen-bond donors (Lipinski definition) is 1. The maximum atomic E-state index is 11.0. The van der Waals surface area contributed by atoms with Crippen LogP contribution in [-0.4, -0.2) is 5.11 Å². The number of rotatable bonds is 12. The summed E-state index contributed by atoms with van der Waals surface area (Å²) in [5.74, 6) is 0.340. The predicted octanol–water partition coefficient (Wildman–Crippen LogP) is 9.03. The average molecular weight is 425 g/mol. The molecule has 0 aliphatic rings. The van der Waals surface area contributed by atoms with Crippen molar-refractivity contribution in [3.8, 4) is 5.75 Å². The lowest BCUT2D eigenvalue weighted by atomic mass is 9.98. The molecule has 166 valence electrons. The van der Waals surface area contributed by atoms with Gasteiger partial charge in [-0.3, -0.25) is 0 Å². The van der Waals surface area contributed by atoms with Crippen LogP contribution >= 0.6 is 0 Å². The smallest absolute Gasteiger partial charge is 0.130 e. The fraction of sp³-hybridized carbons (Fsp3) is 0.290. The first-order chi connectivity index (χ1) is 15.8. The van der Waals surface area contributed by atoms with Crippen molar-refractivity contribution in [3.05, 3.63) is 101 Å². The molecule has 0 fully saturated rings. The van der Waals surface area contributed by atoms with Crippen LogP contribution in [0, 0.1) is 0 Å². The van der Waals surface area contributed by atoms with Crippen molar-refractivity contribution < 1.29 is 5.11 Å². The molecule has 1 heteroatoms. The SMILES string of the molecule is CCCCCCCCCc1cc(C=Cc2ccccc2)c(O)c(C=Cc2ccccc2)c1. The highest BCUT2D eigenvalue weighted by molar-refractivity contribution is 5.79. The summed E-state index contributed by atoms with van der Waals surface area (Å²) < 4.78 is 0. The van der Waals surface area contributed by atoms with Crippen molar-refractivity contribution in [3.63, 3.8) is 0 Å². The van der Waals surface area contributed by atoms with Gasteiger partial charge in [0.25, 0.3) is 0 Å². The van der Waals surface area contributed by atoms with Crippen molar-refractivity contribution in [2.75, 3.05) is 0 Å². The fourth-order valence-corrected chi connectivity index (χ4v) is 3.93. The maximum absolute atomic E-state index is 11.0. The van der Waals surface area contributed by atoms with E-state index < -0.39 is 0 Å². The second-order valence-corrected chi connectivity index (χ2v) is 8.48. The standard InChI is InChI=1S/C31H36O/c1-2-3-4-5-6-7-10-19-28-24-29(22-20-26-15-11-8-12-16-26)31(32)30(25-28)23-21-27-17-13-9-14-18-27/h8-9,11-18,20-25,32H,2-7,10,19H2,1H3. The molecule has 0 atom stereocenters. The largest absolute Gasteiger partial charge is 0.507 e. The Bertz CT molecular complexity index is 913. The van der Waals surface area contributed by atoms with Gasteiger partial charge in [0.05, 0.1) is 0 Å². The van der Waals surface area contributed by atoms with Crippen molar-refractivity contribution in [1.29, 1.82) is 0 Å². The normalized spacial score (nSPS) is 11.5. The number of unbranched alkanes of at least 4 members (excludes halogenated alkanes) is 6. The summed E-state index contributed by atoms with van der Waals surface area (Å²) in [5.41, 5.74) is 5.30. The van der Waals surface area contributed by atoms with E-state index in [9.17, 15) is 5.11 Å². The fourth-order valence-electron chi connectivity index (χ4n) is 3.93. The van der Waals surface area contributed by atoms with Gasteiger partial charge in [-0.1, -0.05) is 130 Å². The number of phenols is 1. The van der Waals surface area contributed by atoms with Crippen molar-refractivity contribution in [2.24, 2.45) is 0 Å². The van der Waals surface area contributed by atoms with E-state index >= 15 is 0 Å². The first-order valence-electron chi connectivity index (χ1n) is 12.1. The minimum absolute atomic E-state index is 0.340. The monoisotopic (exact) mass is 424 g/mol. The van der Waals surface area contributed by atoms with Gasteiger partial charge >= 0.3 is 0 Å². The van der Waals surface area contributed by atoms with Gasteiger partial charge in [0.1, 0.15) is 5.75 Å². The minimum Gasteiger partial charge on any atom is -0.507 e. The molecule has 1 nitrogen and oxygen atoms in total. The zero-order valence-electron chi connectivity index (χ0n) is 19.3. The van der Waals surface area contributed by atoms with E-state index in [0.717, 1.165) is 28.7 Å². The van der Waals surface area contributed by atoms with Gasteiger partial charge in [-0.2, -0.15) is 0 Å². The van der Waals surface area contributed by atoms with Crippen molar-refractivity contribution >= 4 is 24.3 Å². The molecular formula is C31H36O. The number of benzene rings is 3. The van der Waals surface area contributed by atoms with E-state index in [2.05, 4.69) is 55.5 Å². The summed E-state index contributed by atoms with van der Waals surface area (Å²) >= 11 is 0. The average Bonchev–Trinajstić information content (AvgIpc) is 2.84. The van der Waals surface area contributed by atoms with E-state index in [1.165, 1.54) is 50.5 Å². The lowest BCUT2D eigenvalue weighted by molar-refractivity contribution is 0.472. The molecule has 0 saturated heterocycles. The lowest BCUT2D eigenvalue weighted by Crippen LogP contribution is -1.91. The van der Waals surface area contributed by atoms with E-state index in [-0.39, 0.29) is 0 Å². The summed E-state index contributed by atoms with van der Waals surface area (Å²) in [7, 11) is 0. The third-order valence-corrected chi connectivity index (χ3v) is 5.81. The molecule has 0 aliphatic heterocycles. The third kappa shape index (κ3) is 7.89. The first-order valence-corrected chi connectivity index (χ1v) is 12.1. The van der Waals surface area contributed by atoms with Gasteiger partial charge in [0.2, 0.25) is 0 Å². The Kier molecular flexibility index (Phi) is 9.86. The predicted molar refractivity (Wildman–Crippen MR) is 141 cm³/mol. The van der Waals surface area contributed by atoms with Crippen LogP contribution in [-0.2, 0) is 6.42 Å². The molecule has 32 heavy (non-hydrogen) atoms. The van der Waals surface area contributed by atoms with E-state index in [4.69, 9.17) is 0 Å². The van der Waals surface area contributed by atoms with Gasteiger partial charge in [0, 0.05) is 11.1 Å². The highest BCUT2D eigenvalue weighted by atomic mass is 16.3. The Balaban J connectivity index is 1.75. The van der Waals surface area contributed by atoms with Gasteiger partial charge in [-0.25, -0.2) is 0 Å². The molecule has 1 N–H and O–H groups in total. The van der Waals surface area contributed by atoms with Crippen LogP contribution in [0.2, 0.25) is 0 Å². The summed E-state index contributed by atoms with van der Waals surface area (Å²) in [5, 5.41) is 11.0. The van der Waals surface area contributed by atoms with Crippen LogP contribution in [0.3, 0.4) is 0 Å². The van der Waals surface area contributed by atoms with Gasteiger partial charge in [0.15, 0.2) is 0 Å². The van der Waals surface area contributed by atoms with Gasteiger partial charge in [-0.15, -0.1) is 0 Å². The Morgan fingerprint density at radius 1 is 0.594 bits per heavy atom. The second-order valence-electron chi connectivity index (χ2n) is 8.48. The number of aryl methyl sites for hydroxylation is 1. The van der Waals surface area contributed by atoms with Crippen LogP contribution in [0.25, 0.3) is 24.3 Å². The third-order valence-electron chi connectivity index (χ3n) is 5.81. The zero-order chi connectivity index (χ0) is 22.4. The Morgan fingerprint density at radius 2 is 1.06 bits per heavy atom.